The normalized spacial score (nSPS) is 11.0. The van der Waals surface area contributed by atoms with Crippen molar-refractivity contribution in [1.29, 1.82) is 0 Å². The third-order valence-electron chi connectivity index (χ3n) is 5.96. The molecule has 1 amide bonds. The topological polar surface area (TPSA) is 121 Å². The first-order valence-electron chi connectivity index (χ1n) is 11.8. The van der Waals surface area contributed by atoms with E-state index in [1.807, 2.05) is 59.2 Å². The molecule has 8 nitrogen and oxygen atoms in total. The molecule has 0 aliphatic carbocycles. The summed E-state index contributed by atoms with van der Waals surface area (Å²) >= 11 is 0. The molecule has 0 unspecified atom stereocenters. The monoisotopic (exact) mass is 492 g/mol. The predicted molar refractivity (Wildman–Crippen MR) is 151 cm³/mol. The fourth-order valence-electron chi connectivity index (χ4n) is 4.30. The molecular formula is C29H28N6O2. The second-order valence-corrected chi connectivity index (χ2v) is 8.30. The zero-order valence-corrected chi connectivity index (χ0v) is 20.8. The molecule has 0 aliphatic heterocycles. The van der Waals surface area contributed by atoms with E-state index in [-0.39, 0.29) is 16.9 Å². The lowest BCUT2D eigenvalue weighted by atomic mass is 10.0. The number of benzene rings is 3. The number of aliphatic imine (C=N–C) groups is 1. The van der Waals surface area contributed by atoms with Gasteiger partial charge in [0.2, 0.25) is 0 Å². The number of carbonyl (C=O) groups is 1. The summed E-state index contributed by atoms with van der Waals surface area (Å²) in [6.07, 6.45) is 3.73. The van der Waals surface area contributed by atoms with Crippen LogP contribution in [0.15, 0.2) is 95.2 Å². The minimum Gasteiger partial charge on any atom is -0.381 e. The summed E-state index contributed by atoms with van der Waals surface area (Å²) in [4.78, 5) is 28.2. The maximum atomic E-state index is 13.3. The summed E-state index contributed by atoms with van der Waals surface area (Å²) in [5.74, 6) is -0.238. The molecule has 5 rings (SSSR count). The summed E-state index contributed by atoms with van der Waals surface area (Å²) in [6.45, 7) is 5.54. The average molecular weight is 493 g/mol. The van der Waals surface area contributed by atoms with Crippen LogP contribution in [0.1, 0.15) is 23.0 Å². The highest BCUT2D eigenvalue weighted by molar-refractivity contribution is 6.07. The number of primary amides is 1. The molecule has 0 aliphatic rings. The Bertz CT molecular complexity index is 1700. The third kappa shape index (κ3) is 4.90. The first-order valence-corrected chi connectivity index (χ1v) is 11.8. The van der Waals surface area contributed by atoms with Crippen molar-refractivity contribution in [2.24, 2.45) is 17.8 Å². The number of nitrogens with two attached hydrogens (primary N) is 2. The van der Waals surface area contributed by atoms with E-state index in [4.69, 9.17) is 11.5 Å². The Morgan fingerprint density at radius 1 is 1.05 bits per heavy atom. The minimum atomic E-state index is -0.646. The van der Waals surface area contributed by atoms with Crippen LogP contribution < -0.4 is 17.0 Å². The molecule has 186 valence electrons. The van der Waals surface area contributed by atoms with Gasteiger partial charge < -0.3 is 11.5 Å². The van der Waals surface area contributed by atoms with Crippen LogP contribution in [0, 0.1) is 0 Å². The average Bonchev–Trinajstić information content (AvgIpc) is 3.20. The number of amides is 1. The van der Waals surface area contributed by atoms with Crippen molar-refractivity contribution in [1.82, 2.24) is 14.3 Å². The molecular weight excluding hydrogens is 464 g/mol. The van der Waals surface area contributed by atoms with Crippen molar-refractivity contribution >= 4 is 45.3 Å². The van der Waals surface area contributed by atoms with Crippen molar-refractivity contribution in [3.63, 3.8) is 0 Å². The number of para-hydroxylation sites is 1. The van der Waals surface area contributed by atoms with Crippen molar-refractivity contribution in [2.45, 2.75) is 13.3 Å². The number of pyridine rings is 1. The Balaban J connectivity index is 0.000000197. The molecule has 0 saturated carbocycles. The van der Waals surface area contributed by atoms with Crippen LogP contribution >= 0.6 is 0 Å². The van der Waals surface area contributed by atoms with Gasteiger partial charge in [0.15, 0.2) is 11.6 Å². The van der Waals surface area contributed by atoms with Gasteiger partial charge in [-0.05, 0) is 40.8 Å². The molecule has 0 saturated heterocycles. The summed E-state index contributed by atoms with van der Waals surface area (Å²) < 4.78 is 3.23. The Kier molecular flexibility index (Phi) is 7.29. The van der Waals surface area contributed by atoms with Crippen molar-refractivity contribution in [2.75, 3.05) is 5.73 Å². The number of fused-ring (bicyclic) bond motifs is 3. The van der Waals surface area contributed by atoms with Gasteiger partial charge in [-0.3, -0.25) is 14.2 Å². The zero-order chi connectivity index (χ0) is 26.5. The van der Waals surface area contributed by atoms with Gasteiger partial charge in [-0.1, -0.05) is 74.2 Å². The van der Waals surface area contributed by atoms with Crippen LogP contribution in [0.4, 0.5) is 11.6 Å². The van der Waals surface area contributed by atoms with E-state index in [1.165, 1.54) is 17.0 Å². The molecule has 0 spiro atoms. The van der Waals surface area contributed by atoms with Crippen molar-refractivity contribution in [3.8, 4) is 5.69 Å². The Labute approximate surface area is 214 Å². The maximum absolute atomic E-state index is 13.3. The van der Waals surface area contributed by atoms with Crippen LogP contribution in [-0.4, -0.2) is 26.5 Å². The number of aromatic nitrogens is 3. The molecule has 5 aromatic rings. The first-order chi connectivity index (χ1) is 17.9. The quantitative estimate of drug-likeness (QED) is 0.273. The number of hydrogen-bond donors (Lipinski definition) is 2. The second-order valence-electron chi connectivity index (χ2n) is 8.30. The number of nitrogen functional groups attached to an aromatic ring is 1. The molecule has 0 atom stereocenters. The lowest BCUT2D eigenvalue weighted by molar-refractivity contribution is 0.100. The highest BCUT2D eigenvalue weighted by Crippen LogP contribution is 2.25. The molecule has 8 heteroatoms. The fourth-order valence-corrected chi connectivity index (χ4v) is 4.30. The minimum absolute atomic E-state index is 0.0577. The number of hydrogen-bond acceptors (Lipinski definition) is 5. The molecule has 0 radical (unpaired) electrons. The Hall–Kier alpha value is -4.98. The van der Waals surface area contributed by atoms with Crippen LogP contribution in [0.5, 0.6) is 0 Å². The number of rotatable bonds is 5. The summed E-state index contributed by atoms with van der Waals surface area (Å²) in [5.41, 5.74) is 12.8. The summed E-state index contributed by atoms with van der Waals surface area (Å²) in [6, 6.07) is 24.2. The molecule has 2 aromatic heterocycles. The van der Waals surface area contributed by atoms with Gasteiger partial charge >= 0.3 is 0 Å². The number of allylic oxidation sites excluding steroid dienone is 1. The van der Waals surface area contributed by atoms with E-state index >= 15 is 0 Å². The van der Waals surface area contributed by atoms with E-state index in [0.29, 0.717) is 5.82 Å². The number of nitrogens with zero attached hydrogens (tertiary/aromatic N) is 4. The van der Waals surface area contributed by atoms with Crippen molar-refractivity contribution in [3.05, 3.63) is 107 Å². The van der Waals surface area contributed by atoms with E-state index in [1.54, 1.807) is 7.05 Å². The summed E-state index contributed by atoms with van der Waals surface area (Å²) in [7, 11) is 1.62. The fraction of sp³-hybridized carbons (Fsp3) is 0.103. The molecule has 4 N–H and O–H groups in total. The van der Waals surface area contributed by atoms with E-state index in [0.717, 1.165) is 39.3 Å². The number of anilines is 1. The van der Waals surface area contributed by atoms with Crippen molar-refractivity contribution < 1.29 is 4.79 Å². The van der Waals surface area contributed by atoms with E-state index in [2.05, 4.69) is 41.8 Å². The van der Waals surface area contributed by atoms with Gasteiger partial charge in [0.1, 0.15) is 5.56 Å². The third-order valence-corrected chi connectivity index (χ3v) is 5.96. The zero-order valence-electron chi connectivity index (χ0n) is 20.8. The largest absolute Gasteiger partial charge is 0.381 e. The lowest BCUT2D eigenvalue weighted by Gasteiger charge is -2.14. The maximum Gasteiger partial charge on any atom is 0.263 e. The van der Waals surface area contributed by atoms with E-state index in [9.17, 15) is 9.59 Å². The highest BCUT2D eigenvalue weighted by atomic mass is 16.1. The van der Waals surface area contributed by atoms with Gasteiger partial charge in [0.25, 0.3) is 11.5 Å². The van der Waals surface area contributed by atoms with Crippen LogP contribution in [0.25, 0.3) is 27.2 Å². The highest BCUT2D eigenvalue weighted by Gasteiger charge is 2.17. The first kappa shape index (κ1) is 25.1. The molecule has 3 aromatic carbocycles. The number of carbonyl (C=O) groups excluding carboxylic acids is 1. The lowest BCUT2D eigenvalue weighted by Crippen LogP contribution is -2.22. The summed E-state index contributed by atoms with van der Waals surface area (Å²) in [5, 5.41) is 7.75. The van der Waals surface area contributed by atoms with Gasteiger partial charge in [-0.2, -0.15) is 5.10 Å². The molecule has 0 bridgehead atoms. The predicted octanol–water partition coefficient (Wildman–Crippen LogP) is 4.70. The Morgan fingerprint density at radius 3 is 2.41 bits per heavy atom. The van der Waals surface area contributed by atoms with Gasteiger partial charge in [0, 0.05) is 24.6 Å². The Morgan fingerprint density at radius 2 is 1.73 bits per heavy atom. The van der Waals surface area contributed by atoms with Gasteiger partial charge in [0.05, 0.1) is 5.39 Å². The molecule has 2 heterocycles. The van der Waals surface area contributed by atoms with Crippen LogP contribution in [0.3, 0.4) is 0 Å². The SMILES string of the molecule is C=C/C=N\c1c(C(N)=O)c(N)nn1C.CCc1cc2ccc3ccccc3c2c(=O)n1-c1ccccc1. The second kappa shape index (κ2) is 10.7. The van der Waals surface area contributed by atoms with Gasteiger partial charge in [-0.15, -0.1) is 0 Å². The molecule has 37 heavy (non-hydrogen) atoms. The number of aryl methyl sites for hydroxylation is 2. The molecule has 0 fully saturated rings. The smallest absolute Gasteiger partial charge is 0.263 e. The van der Waals surface area contributed by atoms with Crippen LogP contribution in [0.2, 0.25) is 0 Å². The van der Waals surface area contributed by atoms with E-state index < -0.39 is 5.91 Å². The standard InChI is InChI=1S/C21H17NO.C8H11N5O/c1-2-17-14-16-13-12-15-8-6-7-11-19(15)20(16)21(23)22(17)18-9-4-3-5-10-18;1-3-4-11-8-5(7(10)14)6(9)12-13(8)2/h3-14H,2H2,1H3;3-4H,1H2,2H3,(H2,9,12)(H2,10,14)/b;11-4-. The van der Waals surface area contributed by atoms with Crippen LogP contribution in [-0.2, 0) is 13.5 Å². The van der Waals surface area contributed by atoms with Gasteiger partial charge in [-0.25, -0.2) is 9.67 Å².